The quantitative estimate of drug-likeness (QED) is 0.697. The smallest absolute Gasteiger partial charge is 0.417 e. The number of primary amides is 1. The predicted molar refractivity (Wildman–Crippen MR) is 115 cm³/mol. The molecule has 10 heteroatoms. The summed E-state index contributed by atoms with van der Waals surface area (Å²) in [5, 5.41) is 0. The Morgan fingerprint density at radius 2 is 1.48 bits per heavy atom. The Kier molecular flexibility index (Phi) is 6.62. The van der Waals surface area contributed by atoms with Crippen LogP contribution in [0.2, 0.25) is 0 Å². The summed E-state index contributed by atoms with van der Waals surface area (Å²) in [4.78, 5) is 67.2. The van der Waals surface area contributed by atoms with E-state index in [0.29, 0.717) is 38.8 Å². The van der Waals surface area contributed by atoms with Crippen LogP contribution in [0.25, 0.3) is 0 Å². The van der Waals surface area contributed by atoms with Crippen molar-refractivity contribution in [2.45, 2.75) is 63.3 Å². The van der Waals surface area contributed by atoms with Crippen LogP contribution >= 0.6 is 0 Å². The fourth-order valence-corrected chi connectivity index (χ4v) is 4.93. The van der Waals surface area contributed by atoms with Crippen molar-refractivity contribution in [3.63, 3.8) is 0 Å². The monoisotopic (exact) mass is 456 g/mol. The van der Waals surface area contributed by atoms with Crippen LogP contribution < -0.4 is 5.73 Å². The molecule has 0 unspecified atom stereocenters. The van der Waals surface area contributed by atoms with Gasteiger partial charge < -0.3 is 20.3 Å². The van der Waals surface area contributed by atoms with Crippen LogP contribution in [0, 0.1) is 0 Å². The van der Waals surface area contributed by atoms with E-state index in [0.717, 1.165) is 10.5 Å². The topological polar surface area (TPSA) is 130 Å². The molecule has 10 nitrogen and oxygen atoms in total. The molecule has 0 aliphatic carbocycles. The molecule has 3 saturated heterocycles. The molecule has 176 valence electrons. The van der Waals surface area contributed by atoms with Crippen molar-refractivity contribution < 1.29 is 28.7 Å². The number of hydrogen-bond acceptors (Lipinski definition) is 6. The van der Waals surface area contributed by atoms with Gasteiger partial charge in [0.1, 0.15) is 24.7 Å². The highest BCUT2D eigenvalue weighted by Gasteiger charge is 2.47. The summed E-state index contributed by atoms with van der Waals surface area (Å²) in [5.74, 6) is -1.76. The number of benzene rings is 1. The Morgan fingerprint density at radius 3 is 2.15 bits per heavy atom. The zero-order valence-electron chi connectivity index (χ0n) is 18.4. The lowest BCUT2D eigenvalue weighted by atomic mass is 10.1. The SMILES string of the molecule is NC(=O)[C@@H]1CCCN1C(=O)[C@@H]1CCCN1C(=O)[C@@H]1CCC(=O)N1C(=O)OCc1ccccc1. The zero-order valence-corrected chi connectivity index (χ0v) is 18.4. The minimum Gasteiger partial charge on any atom is -0.444 e. The fraction of sp³-hybridized carbons (Fsp3) is 0.522. The number of amides is 5. The number of rotatable bonds is 5. The number of hydrogen-bond donors (Lipinski definition) is 1. The molecule has 2 N–H and O–H groups in total. The van der Waals surface area contributed by atoms with Crippen LogP contribution in [0.15, 0.2) is 30.3 Å². The van der Waals surface area contributed by atoms with E-state index >= 15 is 0 Å². The maximum absolute atomic E-state index is 13.4. The van der Waals surface area contributed by atoms with Gasteiger partial charge in [-0.2, -0.15) is 0 Å². The van der Waals surface area contributed by atoms with E-state index in [-0.39, 0.29) is 25.4 Å². The zero-order chi connectivity index (χ0) is 23.5. The lowest BCUT2D eigenvalue weighted by molar-refractivity contribution is -0.148. The highest BCUT2D eigenvalue weighted by molar-refractivity contribution is 6.02. The first kappa shape index (κ1) is 22.8. The van der Waals surface area contributed by atoms with Gasteiger partial charge in [0.25, 0.3) is 0 Å². The Hall–Kier alpha value is -3.43. The Bertz CT molecular complexity index is 952. The highest BCUT2D eigenvalue weighted by atomic mass is 16.6. The molecule has 0 aromatic heterocycles. The van der Waals surface area contributed by atoms with Crippen molar-refractivity contribution in [3.8, 4) is 0 Å². The van der Waals surface area contributed by atoms with Gasteiger partial charge in [-0.05, 0) is 37.7 Å². The van der Waals surface area contributed by atoms with Gasteiger partial charge in [-0.15, -0.1) is 0 Å². The van der Waals surface area contributed by atoms with Gasteiger partial charge in [0.05, 0.1) is 0 Å². The van der Waals surface area contributed by atoms with Crippen LogP contribution in [0.5, 0.6) is 0 Å². The van der Waals surface area contributed by atoms with Gasteiger partial charge in [0, 0.05) is 19.5 Å². The standard InChI is InChI=1S/C23H28N4O6/c24-20(29)16-8-4-12-25(16)21(30)17-9-5-13-26(17)22(31)18-10-11-19(28)27(18)23(32)33-14-15-6-2-1-3-7-15/h1-3,6-7,16-18H,4-5,8-14H2,(H2,24,29)/t16-,17-,18-/m0/s1. The van der Waals surface area contributed by atoms with Crippen molar-refractivity contribution in [2.75, 3.05) is 13.1 Å². The van der Waals surface area contributed by atoms with Gasteiger partial charge in [-0.3, -0.25) is 19.2 Å². The fourth-order valence-electron chi connectivity index (χ4n) is 4.93. The third-order valence-electron chi connectivity index (χ3n) is 6.58. The van der Waals surface area contributed by atoms with Crippen molar-refractivity contribution in [3.05, 3.63) is 35.9 Å². The number of imide groups is 1. The van der Waals surface area contributed by atoms with Gasteiger partial charge in [0.15, 0.2) is 0 Å². The van der Waals surface area contributed by atoms with Gasteiger partial charge in [0.2, 0.25) is 23.6 Å². The van der Waals surface area contributed by atoms with Crippen molar-refractivity contribution in [1.82, 2.24) is 14.7 Å². The molecule has 5 amide bonds. The molecule has 1 aromatic rings. The van der Waals surface area contributed by atoms with E-state index in [1.807, 2.05) is 18.2 Å². The third-order valence-corrected chi connectivity index (χ3v) is 6.58. The number of nitrogens with two attached hydrogens (primary N) is 1. The van der Waals surface area contributed by atoms with E-state index in [4.69, 9.17) is 10.5 Å². The van der Waals surface area contributed by atoms with Crippen LogP contribution in [-0.4, -0.2) is 75.6 Å². The molecule has 0 bridgehead atoms. The van der Waals surface area contributed by atoms with Crippen molar-refractivity contribution in [1.29, 1.82) is 0 Å². The number of likely N-dealkylation sites (tertiary alicyclic amines) is 3. The number of nitrogens with zero attached hydrogens (tertiary/aromatic N) is 3. The normalized spacial score (nSPS) is 24.9. The summed E-state index contributed by atoms with van der Waals surface area (Å²) in [6, 6.07) is 6.65. The third kappa shape index (κ3) is 4.55. The van der Waals surface area contributed by atoms with Crippen LogP contribution in [0.3, 0.4) is 0 Å². The lowest BCUT2D eigenvalue weighted by Crippen LogP contribution is -2.55. The summed E-state index contributed by atoms with van der Waals surface area (Å²) in [6.07, 6.45) is 1.65. The van der Waals surface area contributed by atoms with E-state index < -0.39 is 41.9 Å². The summed E-state index contributed by atoms with van der Waals surface area (Å²) in [5.41, 5.74) is 6.21. The Morgan fingerprint density at radius 1 is 0.879 bits per heavy atom. The largest absolute Gasteiger partial charge is 0.444 e. The van der Waals surface area contributed by atoms with Crippen molar-refractivity contribution >= 4 is 29.7 Å². The van der Waals surface area contributed by atoms with E-state index in [1.54, 1.807) is 12.1 Å². The second-order valence-electron chi connectivity index (χ2n) is 8.64. The molecule has 3 aliphatic rings. The molecular weight excluding hydrogens is 428 g/mol. The van der Waals surface area contributed by atoms with Gasteiger partial charge in [-0.25, -0.2) is 9.69 Å². The first-order valence-corrected chi connectivity index (χ1v) is 11.3. The molecule has 4 rings (SSSR count). The summed E-state index contributed by atoms with van der Waals surface area (Å²) < 4.78 is 5.29. The average molecular weight is 456 g/mol. The number of carbonyl (C=O) groups is 5. The molecule has 3 atom stereocenters. The number of carbonyl (C=O) groups excluding carboxylic acids is 5. The average Bonchev–Trinajstić information content (AvgIpc) is 3.56. The molecular formula is C23H28N4O6. The predicted octanol–water partition coefficient (Wildman–Crippen LogP) is 0.782. The molecule has 1 aromatic carbocycles. The molecule has 0 saturated carbocycles. The summed E-state index contributed by atoms with van der Waals surface area (Å²) in [7, 11) is 0. The maximum atomic E-state index is 13.4. The molecule has 3 aliphatic heterocycles. The minimum atomic E-state index is -1.00. The van der Waals surface area contributed by atoms with E-state index in [2.05, 4.69) is 0 Å². The van der Waals surface area contributed by atoms with E-state index in [1.165, 1.54) is 9.80 Å². The summed E-state index contributed by atoms with van der Waals surface area (Å²) in [6.45, 7) is 0.755. The molecule has 0 spiro atoms. The van der Waals surface area contributed by atoms with Crippen molar-refractivity contribution in [2.24, 2.45) is 5.73 Å². The highest BCUT2D eigenvalue weighted by Crippen LogP contribution is 2.29. The summed E-state index contributed by atoms with van der Waals surface area (Å²) >= 11 is 0. The van der Waals surface area contributed by atoms with Crippen LogP contribution in [0.4, 0.5) is 4.79 Å². The first-order chi connectivity index (χ1) is 15.9. The van der Waals surface area contributed by atoms with Gasteiger partial charge in [-0.1, -0.05) is 30.3 Å². The number of ether oxygens (including phenoxy) is 1. The van der Waals surface area contributed by atoms with Crippen LogP contribution in [0.1, 0.15) is 44.1 Å². The molecule has 33 heavy (non-hydrogen) atoms. The molecule has 3 heterocycles. The first-order valence-electron chi connectivity index (χ1n) is 11.3. The lowest BCUT2D eigenvalue weighted by Gasteiger charge is -2.33. The Labute approximate surface area is 191 Å². The second kappa shape index (κ2) is 9.60. The maximum Gasteiger partial charge on any atom is 0.417 e. The van der Waals surface area contributed by atoms with Gasteiger partial charge >= 0.3 is 6.09 Å². The second-order valence-corrected chi connectivity index (χ2v) is 8.64. The molecule has 0 radical (unpaired) electrons. The molecule has 3 fully saturated rings. The van der Waals surface area contributed by atoms with E-state index in [9.17, 15) is 24.0 Å². The Balaban J connectivity index is 1.45. The van der Waals surface area contributed by atoms with Crippen LogP contribution in [-0.2, 0) is 30.5 Å². The minimum absolute atomic E-state index is 0.0152.